The van der Waals surface area contributed by atoms with E-state index < -0.39 is 0 Å². The lowest BCUT2D eigenvalue weighted by molar-refractivity contribution is 0.101. The van der Waals surface area contributed by atoms with Crippen LogP contribution in [0.2, 0.25) is 0 Å². The molecule has 0 unspecified atom stereocenters. The highest BCUT2D eigenvalue weighted by Crippen LogP contribution is 2.37. The molecule has 1 fully saturated rings. The van der Waals surface area contributed by atoms with Crippen LogP contribution >= 0.6 is 0 Å². The minimum Gasteiger partial charge on any atom is -0.313 e. The zero-order valence-corrected chi connectivity index (χ0v) is 12.7. The molecule has 0 aliphatic carbocycles. The van der Waals surface area contributed by atoms with E-state index in [1.165, 1.54) is 50.8 Å². The van der Waals surface area contributed by atoms with Crippen molar-refractivity contribution in [3.05, 3.63) is 12.2 Å². The van der Waals surface area contributed by atoms with Crippen LogP contribution in [0.25, 0.3) is 0 Å². The lowest BCUT2D eigenvalue weighted by Gasteiger charge is -2.41. The van der Waals surface area contributed by atoms with Crippen LogP contribution < -0.4 is 5.32 Å². The molecule has 0 amide bonds. The van der Waals surface area contributed by atoms with Gasteiger partial charge in [0.2, 0.25) is 0 Å². The van der Waals surface area contributed by atoms with Crippen LogP contribution in [-0.4, -0.2) is 37.6 Å². The van der Waals surface area contributed by atoms with Gasteiger partial charge in [-0.25, -0.2) is 0 Å². The van der Waals surface area contributed by atoms with Gasteiger partial charge in [0, 0.05) is 13.1 Å². The highest BCUT2D eigenvalue weighted by Gasteiger charge is 2.30. The Labute approximate surface area is 114 Å². The van der Waals surface area contributed by atoms with Gasteiger partial charge in [0.15, 0.2) is 0 Å². The minimum absolute atomic E-state index is 0.637. The van der Waals surface area contributed by atoms with Crippen molar-refractivity contribution in [2.75, 3.05) is 32.7 Å². The average Bonchev–Trinajstić information content (AvgIpc) is 2.40. The minimum atomic E-state index is 0.637. The fraction of sp³-hybridized carbons (Fsp3) is 0.875. The summed E-state index contributed by atoms with van der Waals surface area (Å²) in [6, 6.07) is 0. The molecule has 1 heterocycles. The number of nitrogens with zero attached hydrogens (tertiary/aromatic N) is 1. The summed E-state index contributed by atoms with van der Waals surface area (Å²) in [5.74, 6) is 0. The molecule has 0 aromatic heterocycles. The average molecular weight is 252 g/mol. The summed E-state index contributed by atoms with van der Waals surface area (Å²) in [6.45, 7) is 16.8. The molecule has 0 aromatic rings. The molecule has 1 aliphatic rings. The van der Waals surface area contributed by atoms with Gasteiger partial charge < -0.3 is 5.32 Å². The molecule has 1 saturated heterocycles. The maximum Gasteiger partial charge on any atom is 0.0202 e. The molecule has 1 N–H and O–H groups in total. The largest absolute Gasteiger partial charge is 0.313 e. The lowest BCUT2D eigenvalue weighted by Crippen LogP contribution is -2.41. The number of hydrogen-bond acceptors (Lipinski definition) is 2. The van der Waals surface area contributed by atoms with E-state index in [1.807, 2.05) is 0 Å². The van der Waals surface area contributed by atoms with Gasteiger partial charge in [0.1, 0.15) is 0 Å². The monoisotopic (exact) mass is 252 g/mol. The van der Waals surface area contributed by atoms with E-state index in [9.17, 15) is 0 Å². The third-order valence-corrected chi connectivity index (χ3v) is 4.67. The summed E-state index contributed by atoms with van der Waals surface area (Å²) < 4.78 is 0. The summed E-state index contributed by atoms with van der Waals surface area (Å²) in [5, 5.41) is 3.44. The van der Waals surface area contributed by atoms with Gasteiger partial charge in [-0.1, -0.05) is 40.2 Å². The van der Waals surface area contributed by atoms with Crippen LogP contribution in [0.5, 0.6) is 0 Å². The first-order chi connectivity index (χ1) is 8.65. The topological polar surface area (TPSA) is 15.3 Å². The van der Waals surface area contributed by atoms with E-state index in [0.29, 0.717) is 5.41 Å². The summed E-state index contributed by atoms with van der Waals surface area (Å²) in [6.07, 6.45) is 6.63. The Balaban J connectivity index is 2.24. The molecule has 0 bridgehead atoms. The SMILES string of the molecule is C=C(CNCCC)CN1CCC(CC)(CC)CC1. The molecular formula is C16H32N2. The lowest BCUT2D eigenvalue weighted by atomic mass is 9.74. The molecule has 0 aromatic carbocycles. The maximum absolute atomic E-state index is 4.19. The zero-order valence-electron chi connectivity index (χ0n) is 12.7. The smallest absolute Gasteiger partial charge is 0.0202 e. The second-order valence-electron chi connectivity index (χ2n) is 5.91. The van der Waals surface area contributed by atoms with Crippen molar-refractivity contribution >= 4 is 0 Å². The maximum atomic E-state index is 4.19. The Morgan fingerprint density at radius 1 is 1.17 bits per heavy atom. The van der Waals surface area contributed by atoms with E-state index in [1.54, 1.807) is 0 Å². The quantitative estimate of drug-likeness (QED) is 0.526. The second-order valence-corrected chi connectivity index (χ2v) is 5.91. The summed E-state index contributed by atoms with van der Waals surface area (Å²) in [4.78, 5) is 2.58. The van der Waals surface area contributed by atoms with Gasteiger partial charge in [-0.15, -0.1) is 0 Å². The van der Waals surface area contributed by atoms with Gasteiger partial charge in [-0.05, 0) is 49.9 Å². The Morgan fingerprint density at radius 3 is 2.28 bits per heavy atom. The number of piperidine rings is 1. The van der Waals surface area contributed by atoms with Crippen LogP contribution in [0.3, 0.4) is 0 Å². The molecule has 106 valence electrons. The van der Waals surface area contributed by atoms with Crippen molar-refractivity contribution in [3.8, 4) is 0 Å². The molecule has 2 nitrogen and oxygen atoms in total. The van der Waals surface area contributed by atoms with Gasteiger partial charge in [0.05, 0.1) is 0 Å². The van der Waals surface area contributed by atoms with Crippen molar-refractivity contribution in [2.24, 2.45) is 5.41 Å². The van der Waals surface area contributed by atoms with E-state index in [0.717, 1.165) is 19.6 Å². The summed E-state index contributed by atoms with van der Waals surface area (Å²) >= 11 is 0. The molecule has 1 rings (SSSR count). The fourth-order valence-electron chi connectivity index (χ4n) is 2.96. The Kier molecular flexibility index (Phi) is 6.95. The first-order valence-corrected chi connectivity index (χ1v) is 7.75. The van der Waals surface area contributed by atoms with Crippen LogP contribution in [0.1, 0.15) is 52.9 Å². The molecule has 0 saturated carbocycles. The van der Waals surface area contributed by atoms with Gasteiger partial charge >= 0.3 is 0 Å². The van der Waals surface area contributed by atoms with Crippen LogP contribution in [0, 0.1) is 5.41 Å². The van der Waals surface area contributed by atoms with E-state index in [2.05, 4.69) is 37.6 Å². The molecule has 0 atom stereocenters. The van der Waals surface area contributed by atoms with Gasteiger partial charge in [-0.3, -0.25) is 4.90 Å². The first-order valence-electron chi connectivity index (χ1n) is 7.75. The summed E-state index contributed by atoms with van der Waals surface area (Å²) in [5.41, 5.74) is 1.97. The third-order valence-electron chi connectivity index (χ3n) is 4.67. The highest BCUT2D eigenvalue weighted by molar-refractivity contribution is 5.01. The highest BCUT2D eigenvalue weighted by atomic mass is 15.1. The molecule has 0 radical (unpaired) electrons. The number of rotatable bonds is 8. The molecule has 2 heteroatoms. The van der Waals surface area contributed by atoms with Crippen LogP contribution in [0.4, 0.5) is 0 Å². The Hall–Kier alpha value is -0.340. The predicted molar refractivity (Wildman–Crippen MR) is 81.0 cm³/mol. The third kappa shape index (κ3) is 4.74. The van der Waals surface area contributed by atoms with Gasteiger partial charge in [0.25, 0.3) is 0 Å². The molecule has 1 aliphatic heterocycles. The normalized spacial score (nSPS) is 19.9. The van der Waals surface area contributed by atoms with E-state index >= 15 is 0 Å². The second kappa shape index (κ2) is 7.96. The molecular weight excluding hydrogens is 220 g/mol. The molecule has 18 heavy (non-hydrogen) atoms. The van der Waals surface area contributed by atoms with Crippen LogP contribution in [-0.2, 0) is 0 Å². The Morgan fingerprint density at radius 2 is 1.78 bits per heavy atom. The Bertz CT molecular complexity index is 233. The standard InChI is InChI=1S/C16H32N2/c1-5-10-17-13-15(4)14-18-11-8-16(6-2,7-3)9-12-18/h17H,4-14H2,1-3H3. The number of nitrogens with one attached hydrogen (secondary N) is 1. The molecule has 0 spiro atoms. The van der Waals surface area contributed by atoms with E-state index in [-0.39, 0.29) is 0 Å². The number of likely N-dealkylation sites (tertiary alicyclic amines) is 1. The first kappa shape index (κ1) is 15.7. The number of hydrogen-bond donors (Lipinski definition) is 1. The fourth-order valence-corrected chi connectivity index (χ4v) is 2.96. The van der Waals surface area contributed by atoms with Crippen molar-refractivity contribution in [2.45, 2.75) is 52.9 Å². The van der Waals surface area contributed by atoms with E-state index in [4.69, 9.17) is 0 Å². The van der Waals surface area contributed by atoms with Crippen molar-refractivity contribution in [3.63, 3.8) is 0 Å². The van der Waals surface area contributed by atoms with Crippen molar-refractivity contribution in [1.29, 1.82) is 0 Å². The van der Waals surface area contributed by atoms with Crippen LogP contribution in [0.15, 0.2) is 12.2 Å². The summed E-state index contributed by atoms with van der Waals surface area (Å²) in [7, 11) is 0. The van der Waals surface area contributed by atoms with Crippen molar-refractivity contribution in [1.82, 2.24) is 10.2 Å². The van der Waals surface area contributed by atoms with Crippen molar-refractivity contribution < 1.29 is 0 Å². The predicted octanol–water partition coefficient (Wildman–Crippen LogP) is 3.44. The van der Waals surface area contributed by atoms with Gasteiger partial charge in [-0.2, -0.15) is 0 Å². The zero-order chi connectivity index (χ0) is 13.4.